The summed E-state index contributed by atoms with van der Waals surface area (Å²) in [4.78, 5) is 19.5. The number of rotatable bonds is 7. The molecule has 3 heterocycles. The van der Waals surface area contributed by atoms with Crippen LogP contribution in [0.25, 0.3) is 0 Å². The van der Waals surface area contributed by atoms with Crippen LogP contribution in [0.15, 0.2) is 70.4 Å². The van der Waals surface area contributed by atoms with E-state index in [1.54, 1.807) is 34.6 Å². The molecule has 0 atom stereocenters. The average molecular weight is 442 g/mol. The summed E-state index contributed by atoms with van der Waals surface area (Å²) in [6, 6.07) is 13.9. The minimum absolute atomic E-state index is 0.156. The molecule has 1 fully saturated rings. The van der Waals surface area contributed by atoms with E-state index in [2.05, 4.69) is 4.98 Å². The SMILES string of the molecule is O=C(c1ccc(S(=O)(=O)N2CCCC2)cc1)N(Cc1ccsc1)Cc1ccccn1. The van der Waals surface area contributed by atoms with Crippen LogP contribution < -0.4 is 0 Å². The fraction of sp³-hybridized carbons (Fsp3) is 0.273. The summed E-state index contributed by atoms with van der Waals surface area (Å²) in [7, 11) is -3.49. The van der Waals surface area contributed by atoms with Gasteiger partial charge in [0.1, 0.15) is 0 Å². The predicted octanol–water partition coefficient (Wildman–Crippen LogP) is 3.77. The van der Waals surface area contributed by atoms with Crippen LogP contribution in [0.2, 0.25) is 0 Å². The van der Waals surface area contributed by atoms with Gasteiger partial charge in [0.25, 0.3) is 5.91 Å². The number of thiophene rings is 1. The Balaban J connectivity index is 1.56. The number of sulfonamides is 1. The summed E-state index contributed by atoms with van der Waals surface area (Å²) >= 11 is 1.59. The van der Waals surface area contributed by atoms with Crippen LogP contribution in [0.5, 0.6) is 0 Å². The summed E-state index contributed by atoms with van der Waals surface area (Å²) in [5.74, 6) is -0.156. The third-order valence-corrected chi connectivity index (χ3v) is 7.77. The Labute approximate surface area is 180 Å². The van der Waals surface area contributed by atoms with Crippen LogP contribution in [0.4, 0.5) is 0 Å². The molecule has 0 aliphatic carbocycles. The Morgan fingerprint density at radius 1 is 1.03 bits per heavy atom. The van der Waals surface area contributed by atoms with E-state index in [0.29, 0.717) is 31.7 Å². The van der Waals surface area contributed by atoms with E-state index in [1.807, 2.05) is 35.0 Å². The van der Waals surface area contributed by atoms with Crippen molar-refractivity contribution in [3.8, 4) is 0 Å². The molecule has 156 valence electrons. The van der Waals surface area contributed by atoms with Crippen molar-refractivity contribution in [1.82, 2.24) is 14.2 Å². The molecule has 1 aliphatic rings. The molecule has 2 aromatic heterocycles. The predicted molar refractivity (Wildman–Crippen MR) is 117 cm³/mol. The van der Waals surface area contributed by atoms with Crippen LogP contribution >= 0.6 is 11.3 Å². The molecule has 0 saturated carbocycles. The average Bonchev–Trinajstić information content (AvgIpc) is 3.48. The van der Waals surface area contributed by atoms with Crippen LogP contribution in [0.1, 0.15) is 34.5 Å². The maximum atomic E-state index is 13.2. The Kier molecular flexibility index (Phi) is 6.26. The summed E-state index contributed by atoms with van der Waals surface area (Å²) in [5.41, 5.74) is 2.31. The van der Waals surface area contributed by atoms with Gasteiger partial charge in [-0.05, 0) is 71.6 Å². The van der Waals surface area contributed by atoms with Crippen LogP contribution in [0.3, 0.4) is 0 Å². The number of carbonyl (C=O) groups excluding carboxylic acids is 1. The molecule has 0 unspecified atom stereocenters. The largest absolute Gasteiger partial charge is 0.328 e. The molecule has 8 heteroatoms. The van der Waals surface area contributed by atoms with Crippen molar-refractivity contribution in [3.05, 3.63) is 82.3 Å². The molecule has 1 amide bonds. The lowest BCUT2D eigenvalue weighted by Gasteiger charge is -2.22. The van der Waals surface area contributed by atoms with Gasteiger partial charge in [-0.15, -0.1) is 0 Å². The zero-order chi connectivity index (χ0) is 21.0. The van der Waals surface area contributed by atoms with Gasteiger partial charge in [0.2, 0.25) is 10.0 Å². The van der Waals surface area contributed by atoms with E-state index in [1.165, 1.54) is 16.4 Å². The monoisotopic (exact) mass is 441 g/mol. The summed E-state index contributed by atoms with van der Waals surface area (Å²) in [6.45, 7) is 1.96. The second-order valence-electron chi connectivity index (χ2n) is 7.25. The lowest BCUT2D eigenvalue weighted by Crippen LogP contribution is -2.30. The number of pyridine rings is 1. The number of nitrogens with zero attached hydrogens (tertiary/aromatic N) is 3. The number of benzene rings is 1. The van der Waals surface area contributed by atoms with E-state index < -0.39 is 10.0 Å². The second-order valence-corrected chi connectivity index (χ2v) is 9.97. The molecule has 4 rings (SSSR count). The third-order valence-electron chi connectivity index (χ3n) is 5.12. The maximum absolute atomic E-state index is 13.2. The highest BCUT2D eigenvalue weighted by atomic mass is 32.2. The van der Waals surface area contributed by atoms with E-state index in [-0.39, 0.29) is 10.8 Å². The quantitative estimate of drug-likeness (QED) is 0.560. The molecule has 30 heavy (non-hydrogen) atoms. The lowest BCUT2D eigenvalue weighted by molar-refractivity contribution is 0.0728. The smallest absolute Gasteiger partial charge is 0.254 e. The van der Waals surface area contributed by atoms with Crippen molar-refractivity contribution in [3.63, 3.8) is 0 Å². The van der Waals surface area contributed by atoms with Gasteiger partial charge in [-0.1, -0.05) is 6.07 Å². The van der Waals surface area contributed by atoms with E-state index in [0.717, 1.165) is 24.1 Å². The highest BCUT2D eigenvalue weighted by Crippen LogP contribution is 2.22. The van der Waals surface area contributed by atoms with E-state index >= 15 is 0 Å². The van der Waals surface area contributed by atoms with Crippen molar-refractivity contribution < 1.29 is 13.2 Å². The van der Waals surface area contributed by atoms with Gasteiger partial charge >= 0.3 is 0 Å². The molecule has 0 N–H and O–H groups in total. The lowest BCUT2D eigenvalue weighted by atomic mass is 10.1. The second kappa shape index (κ2) is 9.07. The fourth-order valence-electron chi connectivity index (χ4n) is 3.52. The molecule has 3 aromatic rings. The molecule has 0 bridgehead atoms. The van der Waals surface area contributed by atoms with Crippen molar-refractivity contribution >= 4 is 27.3 Å². The van der Waals surface area contributed by atoms with Crippen molar-refractivity contribution in [2.75, 3.05) is 13.1 Å². The number of hydrogen-bond donors (Lipinski definition) is 0. The molecular formula is C22H23N3O3S2. The Bertz CT molecular complexity index is 1080. The van der Waals surface area contributed by atoms with E-state index in [4.69, 9.17) is 0 Å². The molecule has 0 spiro atoms. The highest BCUT2D eigenvalue weighted by molar-refractivity contribution is 7.89. The molecular weight excluding hydrogens is 418 g/mol. The first-order valence-corrected chi connectivity index (χ1v) is 12.2. The minimum atomic E-state index is -3.49. The van der Waals surface area contributed by atoms with Crippen molar-refractivity contribution in [1.29, 1.82) is 0 Å². The Hall–Kier alpha value is -2.55. The normalized spacial score (nSPS) is 14.7. The Morgan fingerprint density at radius 2 is 1.80 bits per heavy atom. The molecule has 1 aromatic carbocycles. The van der Waals surface area contributed by atoms with Gasteiger partial charge in [-0.3, -0.25) is 9.78 Å². The van der Waals surface area contributed by atoms with Crippen molar-refractivity contribution in [2.24, 2.45) is 0 Å². The molecule has 6 nitrogen and oxygen atoms in total. The number of amides is 1. The molecule has 1 saturated heterocycles. The summed E-state index contributed by atoms with van der Waals surface area (Å²) in [6.07, 6.45) is 3.49. The number of carbonyl (C=O) groups is 1. The van der Waals surface area contributed by atoms with Gasteiger partial charge < -0.3 is 4.90 Å². The number of hydrogen-bond acceptors (Lipinski definition) is 5. The minimum Gasteiger partial charge on any atom is -0.328 e. The van der Waals surface area contributed by atoms with Gasteiger partial charge in [0.05, 0.1) is 17.1 Å². The van der Waals surface area contributed by atoms with Gasteiger partial charge in [-0.2, -0.15) is 15.6 Å². The zero-order valence-electron chi connectivity index (χ0n) is 16.5. The fourth-order valence-corrected chi connectivity index (χ4v) is 5.70. The molecule has 0 radical (unpaired) electrons. The van der Waals surface area contributed by atoms with Gasteiger partial charge in [-0.25, -0.2) is 8.42 Å². The van der Waals surface area contributed by atoms with Gasteiger partial charge in [0.15, 0.2) is 0 Å². The number of aromatic nitrogens is 1. The third kappa shape index (κ3) is 4.61. The van der Waals surface area contributed by atoms with Crippen LogP contribution in [-0.2, 0) is 23.1 Å². The highest BCUT2D eigenvalue weighted by Gasteiger charge is 2.27. The summed E-state index contributed by atoms with van der Waals surface area (Å²) < 4.78 is 27.0. The first-order valence-electron chi connectivity index (χ1n) is 9.84. The Morgan fingerprint density at radius 3 is 2.43 bits per heavy atom. The van der Waals surface area contributed by atoms with E-state index in [9.17, 15) is 13.2 Å². The molecule has 1 aliphatic heterocycles. The standard InChI is InChI=1S/C22H23N3O3S2/c26-22(19-6-8-21(9-7-19)30(27,28)25-12-3-4-13-25)24(15-18-10-14-29-17-18)16-20-5-1-2-11-23-20/h1-2,5-11,14,17H,3-4,12-13,15-16H2. The van der Waals surface area contributed by atoms with Crippen LogP contribution in [-0.4, -0.2) is 41.6 Å². The summed E-state index contributed by atoms with van der Waals surface area (Å²) in [5, 5.41) is 4.00. The first kappa shape index (κ1) is 20.7. The zero-order valence-corrected chi connectivity index (χ0v) is 18.1. The first-order chi connectivity index (χ1) is 14.5. The topological polar surface area (TPSA) is 70.6 Å². The van der Waals surface area contributed by atoms with Crippen molar-refractivity contribution in [2.45, 2.75) is 30.8 Å². The van der Waals surface area contributed by atoms with Crippen LogP contribution in [0, 0.1) is 0 Å². The van der Waals surface area contributed by atoms with Gasteiger partial charge in [0, 0.05) is 31.4 Å². The maximum Gasteiger partial charge on any atom is 0.254 e.